The number of amides is 1. The number of hydrogen-bond donors (Lipinski definition) is 1. The van der Waals surface area contributed by atoms with Gasteiger partial charge in [0, 0.05) is 22.7 Å². The molecule has 1 amide bonds. The molecule has 128 valence electrons. The molecule has 24 heavy (non-hydrogen) atoms. The van der Waals surface area contributed by atoms with Crippen molar-refractivity contribution < 1.29 is 18.0 Å². The van der Waals surface area contributed by atoms with Crippen LogP contribution in [0.1, 0.15) is 33.9 Å². The Bertz CT molecular complexity index is 836. The number of carbonyl (C=O) groups is 2. The van der Waals surface area contributed by atoms with Crippen molar-refractivity contribution in [2.24, 2.45) is 0 Å². The number of nitrogens with one attached hydrogen (secondary N) is 1. The molecule has 0 aliphatic heterocycles. The van der Waals surface area contributed by atoms with Crippen molar-refractivity contribution in [1.29, 1.82) is 0 Å². The fourth-order valence-corrected chi connectivity index (χ4v) is 3.64. The Morgan fingerprint density at radius 2 is 1.75 bits per heavy atom. The Hall–Kier alpha value is -1.99. The van der Waals surface area contributed by atoms with Gasteiger partial charge in [0.25, 0.3) is 5.91 Å². The van der Waals surface area contributed by atoms with Crippen LogP contribution in [0.5, 0.6) is 0 Å². The smallest absolute Gasteiger partial charge is 0.251 e. The van der Waals surface area contributed by atoms with Crippen molar-refractivity contribution in [1.82, 2.24) is 5.32 Å². The van der Waals surface area contributed by atoms with E-state index in [1.54, 1.807) is 25.1 Å². The van der Waals surface area contributed by atoms with E-state index in [2.05, 4.69) is 5.32 Å². The second-order valence-electron chi connectivity index (χ2n) is 5.29. The van der Waals surface area contributed by atoms with Gasteiger partial charge in [-0.05, 0) is 36.8 Å². The van der Waals surface area contributed by atoms with E-state index in [4.69, 9.17) is 0 Å². The predicted molar refractivity (Wildman–Crippen MR) is 96.4 cm³/mol. The minimum absolute atomic E-state index is 0.0317. The van der Waals surface area contributed by atoms with Crippen molar-refractivity contribution in [2.75, 3.05) is 18.1 Å². The molecule has 1 heterocycles. The van der Waals surface area contributed by atoms with Crippen LogP contribution in [0.4, 0.5) is 0 Å². The van der Waals surface area contributed by atoms with E-state index in [1.165, 1.54) is 18.3 Å². The summed E-state index contributed by atoms with van der Waals surface area (Å²) in [4.78, 5) is 25.0. The number of sulfone groups is 1. The summed E-state index contributed by atoms with van der Waals surface area (Å²) >= 11 is 1.41. The number of rotatable bonds is 7. The summed E-state index contributed by atoms with van der Waals surface area (Å²) in [6, 6.07) is 10.7. The van der Waals surface area contributed by atoms with E-state index in [9.17, 15) is 18.0 Å². The zero-order valence-electron chi connectivity index (χ0n) is 13.5. The maximum atomic E-state index is 12.0. The lowest BCUT2D eigenvalue weighted by Gasteiger charge is -2.06. The first-order chi connectivity index (χ1) is 11.3. The maximum Gasteiger partial charge on any atom is 0.251 e. The Morgan fingerprint density at radius 3 is 2.29 bits per heavy atom. The van der Waals surface area contributed by atoms with Crippen LogP contribution in [0.25, 0.3) is 10.4 Å². The van der Waals surface area contributed by atoms with E-state index in [0.717, 1.165) is 10.4 Å². The fourth-order valence-electron chi connectivity index (χ4n) is 2.03. The van der Waals surface area contributed by atoms with Crippen LogP contribution in [0.3, 0.4) is 0 Å². The number of thiophene rings is 1. The van der Waals surface area contributed by atoms with Crippen LogP contribution >= 0.6 is 11.3 Å². The summed E-state index contributed by atoms with van der Waals surface area (Å²) in [5.41, 5.74) is 1.40. The van der Waals surface area contributed by atoms with Gasteiger partial charge in [-0.25, -0.2) is 8.42 Å². The molecule has 0 atom stereocenters. The summed E-state index contributed by atoms with van der Waals surface area (Å²) in [6.45, 7) is 3.21. The first-order valence-electron chi connectivity index (χ1n) is 7.52. The SMILES string of the molecule is CCS(=O)(=O)CCNC(=O)c1ccc(-c2ccc(C(C)=O)s2)cc1. The maximum absolute atomic E-state index is 12.0. The minimum Gasteiger partial charge on any atom is -0.351 e. The second-order valence-corrected chi connectivity index (χ2v) is 8.85. The van der Waals surface area contributed by atoms with Crippen LogP contribution < -0.4 is 5.32 Å². The molecule has 0 saturated heterocycles. The highest BCUT2D eigenvalue weighted by Gasteiger charge is 2.11. The average molecular weight is 365 g/mol. The molecule has 7 heteroatoms. The second kappa shape index (κ2) is 7.72. The molecule has 0 fully saturated rings. The molecular formula is C17H19NO4S2. The number of ketones is 1. The van der Waals surface area contributed by atoms with Gasteiger partial charge in [-0.3, -0.25) is 9.59 Å². The highest BCUT2D eigenvalue weighted by molar-refractivity contribution is 7.91. The molecule has 1 aromatic heterocycles. The van der Waals surface area contributed by atoms with Crippen molar-refractivity contribution in [3.8, 4) is 10.4 Å². The Kier molecular flexibility index (Phi) is 5.90. The summed E-state index contributed by atoms with van der Waals surface area (Å²) in [6.07, 6.45) is 0. The van der Waals surface area contributed by atoms with Gasteiger partial charge in [-0.1, -0.05) is 19.1 Å². The molecule has 0 spiro atoms. The monoisotopic (exact) mass is 365 g/mol. The van der Waals surface area contributed by atoms with Crippen molar-refractivity contribution in [3.05, 3.63) is 46.8 Å². The third kappa shape index (κ3) is 4.75. The zero-order valence-corrected chi connectivity index (χ0v) is 15.2. The first-order valence-corrected chi connectivity index (χ1v) is 10.2. The normalized spacial score (nSPS) is 11.2. The van der Waals surface area contributed by atoms with Crippen molar-refractivity contribution in [3.63, 3.8) is 0 Å². The van der Waals surface area contributed by atoms with Crippen LogP contribution in [0.15, 0.2) is 36.4 Å². The number of carbonyl (C=O) groups excluding carboxylic acids is 2. The fraction of sp³-hybridized carbons (Fsp3) is 0.294. The van der Waals surface area contributed by atoms with Gasteiger partial charge >= 0.3 is 0 Å². The number of Topliss-reactive ketones (excluding diaryl/α,β-unsaturated/α-hetero) is 1. The molecule has 1 N–H and O–H groups in total. The van der Waals surface area contributed by atoms with Crippen LogP contribution in [0.2, 0.25) is 0 Å². The molecule has 2 aromatic rings. The van der Waals surface area contributed by atoms with E-state index >= 15 is 0 Å². The third-order valence-electron chi connectivity index (χ3n) is 3.52. The van der Waals surface area contributed by atoms with Gasteiger partial charge in [0.1, 0.15) is 0 Å². The van der Waals surface area contributed by atoms with E-state index < -0.39 is 9.84 Å². The lowest BCUT2D eigenvalue weighted by Crippen LogP contribution is -2.29. The van der Waals surface area contributed by atoms with Gasteiger partial charge in [0.2, 0.25) is 0 Å². The lowest BCUT2D eigenvalue weighted by molar-refractivity contribution is 0.0955. The van der Waals surface area contributed by atoms with Gasteiger partial charge in [-0.2, -0.15) is 0 Å². The quantitative estimate of drug-likeness (QED) is 0.765. The molecule has 2 rings (SSSR count). The Morgan fingerprint density at radius 1 is 1.08 bits per heavy atom. The summed E-state index contributed by atoms with van der Waals surface area (Å²) in [5, 5.41) is 2.61. The number of hydrogen-bond acceptors (Lipinski definition) is 5. The van der Waals surface area contributed by atoms with Crippen LogP contribution in [0, 0.1) is 0 Å². The van der Waals surface area contributed by atoms with Gasteiger partial charge in [0.15, 0.2) is 15.6 Å². The van der Waals surface area contributed by atoms with E-state index in [-0.39, 0.29) is 29.7 Å². The Labute approximate surface area is 145 Å². The molecule has 0 saturated carbocycles. The molecule has 0 aliphatic rings. The van der Waals surface area contributed by atoms with E-state index in [1.807, 2.05) is 18.2 Å². The predicted octanol–water partition coefficient (Wildman–Crippen LogP) is 2.78. The summed E-state index contributed by atoms with van der Waals surface area (Å²) in [5.74, 6) is -0.260. The Balaban J connectivity index is 2.00. The highest BCUT2D eigenvalue weighted by Crippen LogP contribution is 2.28. The molecular weight excluding hydrogens is 346 g/mol. The summed E-state index contributed by atoms with van der Waals surface area (Å²) in [7, 11) is -3.09. The molecule has 5 nitrogen and oxygen atoms in total. The molecule has 0 aliphatic carbocycles. The minimum atomic E-state index is -3.09. The van der Waals surface area contributed by atoms with Crippen LogP contribution in [-0.4, -0.2) is 38.2 Å². The zero-order chi connectivity index (χ0) is 17.7. The number of benzene rings is 1. The standard InChI is InChI=1S/C17H19NO4S2/c1-3-24(21,22)11-10-18-17(20)14-6-4-13(5-7-14)16-9-8-15(23-16)12(2)19/h4-9H,3,10-11H2,1-2H3,(H,18,20). The highest BCUT2D eigenvalue weighted by atomic mass is 32.2. The van der Waals surface area contributed by atoms with Crippen LogP contribution in [-0.2, 0) is 9.84 Å². The van der Waals surface area contributed by atoms with Gasteiger partial charge < -0.3 is 5.32 Å². The molecule has 1 aromatic carbocycles. The third-order valence-corrected chi connectivity index (χ3v) is 6.46. The largest absolute Gasteiger partial charge is 0.351 e. The summed E-state index contributed by atoms with van der Waals surface area (Å²) < 4.78 is 22.8. The lowest BCUT2D eigenvalue weighted by atomic mass is 10.1. The molecule has 0 radical (unpaired) electrons. The van der Waals surface area contributed by atoms with E-state index in [0.29, 0.717) is 10.4 Å². The molecule has 0 unspecified atom stereocenters. The topological polar surface area (TPSA) is 80.3 Å². The first kappa shape index (κ1) is 18.4. The van der Waals surface area contributed by atoms with Gasteiger partial charge in [-0.15, -0.1) is 11.3 Å². The van der Waals surface area contributed by atoms with Crippen molar-refractivity contribution in [2.45, 2.75) is 13.8 Å². The average Bonchev–Trinajstić information content (AvgIpc) is 3.05. The van der Waals surface area contributed by atoms with Crippen molar-refractivity contribution >= 4 is 32.9 Å². The molecule has 0 bridgehead atoms. The van der Waals surface area contributed by atoms with Gasteiger partial charge in [0.05, 0.1) is 10.6 Å².